The van der Waals surface area contributed by atoms with Crippen molar-refractivity contribution < 1.29 is 4.79 Å². The minimum absolute atomic E-state index is 0.0831. The van der Waals surface area contributed by atoms with Gasteiger partial charge >= 0.3 is 0 Å². The summed E-state index contributed by atoms with van der Waals surface area (Å²) >= 11 is 4.66. The first-order valence-electron chi connectivity index (χ1n) is 4.73. The number of amides is 1. The van der Waals surface area contributed by atoms with E-state index in [0.29, 0.717) is 23.9 Å². The van der Waals surface area contributed by atoms with Crippen molar-refractivity contribution in [2.75, 3.05) is 6.54 Å². The maximum absolute atomic E-state index is 11.3. The van der Waals surface area contributed by atoms with Crippen molar-refractivity contribution in [1.82, 2.24) is 5.32 Å². The molecule has 0 aromatic carbocycles. The molecule has 4 heteroatoms. The minimum atomic E-state index is 0.0831. The van der Waals surface area contributed by atoms with Crippen molar-refractivity contribution in [3.05, 3.63) is 0 Å². The van der Waals surface area contributed by atoms with Crippen LogP contribution in [-0.2, 0) is 4.79 Å². The summed E-state index contributed by atoms with van der Waals surface area (Å²) in [5.74, 6) is 0.672. The second-order valence-corrected chi connectivity index (χ2v) is 4.12. The van der Waals surface area contributed by atoms with Crippen LogP contribution in [0.2, 0.25) is 0 Å². The fourth-order valence-electron chi connectivity index (χ4n) is 1.73. The summed E-state index contributed by atoms with van der Waals surface area (Å²) in [4.78, 5) is 11.6. The van der Waals surface area contributed by atoms with Crippen LogP contribution in [0.3, 0.4) is 0 Å². The van der Waals surface area contributed by atoms with E-state index in [1.165, 1.54) is 25.7 Å². The van der Waals surface area contributed by atoms with Gasteiger partial charge in [-0.15, -0.1) is 0 Å². The molecule has 1 fully saturated rings. The van der Waals surface area contributed by atoms with E-state index >= 15 is 0 Å². The highest BCUT2D eigenvalue weighted by molar-refractivity contribution is 7.80. The Morgan fingerprint density at radius 1 is 1.46 bits per heavy atom. The lowest BCUT2D eigenvalue weighted by Gasteiger charge is -2.08. The van der Waals surface area contributed by atoms with E-state index < -0.39 is 0 Å². The largest absolute Gasteiger partial charge is 0.392 e. The quantitative estimate of drug-likeness (QED) is 0.665. The van der Waals surface area contributed by atoms with Gasteiger partial charge in [0.15, 0.2) is 0 Å². The smallest absolute Gasteiger partial charge is 0.220 e. The topological polar surface area (TPSA) is 55.1 Å². The van der Waals surface area contributed by atoms with Gasteiger partial charge in [0.1, 0.15) is 0 Å². The number of hydrogen-bond donors (Lipinski definition) is 2. The standard InChI is InChI=1S/C9H16N2OS/c10-8(13)6-11-9(12)5-7-3-1-2-4-7/h7H,1-6H2,(H2,10,13)(H,11,12). The van der Waals surface area contributed by atoms with Gasteiger partial charge in [-0.3, -0.25) is 4.79 Å². The normalized spacial score (nSPS) is 17.2. The third kappa shape index (κ3) is 4.22. The number of carbonyl (C=O) groups excluding carboxylic acids is 1. The Bertz CT molecular complexity index is 200. The van der Waals surface area contributed by atoms with Crippen LogP contribution in [-0.4, -0.2) is 17.4 Å². The first kappa shape index (κ1) is 10.4. The number of rotatable bonds is 4. The van der Waals surface area contributed by atoms with Crippen LogP contribution in [0.1, 0.15) is 32.1 Å². The lowest BCUT2D eigenvalue weighted by molar-refractivity contribution is -0.121. The zero-order valence-corrected chi connectivity index (χ0v) is 8.53. The Morgan fingerprint density at radius 3 is 2.62 bits per heavy atom. The van der Waals surface area contributed by atoms with E-state index in [2.05, 4.69) is 17.5 Å². The van der Waals surface area contributed by atoms with Crippen LogP contribution in [0.5, 0.6) is 0 Å². The second-order valence-electron chi connectivity index (χ2n) is 3.60. The van der Waals surface area contributed by atoms with Crippen LogP contribution < -0.4 is 11.1 Å². The van der Waals surface area contributed by atoms with Crippen molar-refractivity contribution in [3.8, 4) is 0 Å². The SMILES string of the molecule is NC(=S)CNC(=O)CC1CCCC1. The Balaban J connectivity index is 2.13. The highest BCUT2D eigenvalue weighted by Crippen LogP contribution is 2.27. The average molecular weight is 200 g/mol. The molecule has 1 aliphatic rings. The Morgan fingerprint density at radius 2 is 2.08 bits per heavy atom. The summed E-state index contributed by atoms with van der Waals surface area (Å²) in [6.07, 6.45) is 5.57. The summed E-state index contributed by atoms with van der Waals surface area (Å²) in [7, 11) is 0. The average Bonchev–Trinajstić information content (AvgIpc) is 2.53. The molecule has 0 aromatic heterocycles. The van der Waals surface area contributed by atoms with Gasteiger partial charge in [-0.2, -0.15) is 0 Å². The molecule has 0 saturated heterocycles. The second kappa shape index (κ2) is 5.17. The highest BCUT2D eigenvalue weighted by Gasteiger charge is 2.17. The highest BCUT2D eigenvalue weighted by atomic mass is 32.1. The third-order valence-electron chi connectivity index (χ3n) is 2.41. The van der Waals surface area contributed by atoms with E-state index in [1.807, 2.05) is 0 Å². The van der Waals surface area contributed by atoms with Gasteiger partial charge in [-0.1, -0.05) is 25.1 Å². The number of nitrogens with one attached hydrogen (secondary N) is 1. The number of nitrogens with two attached hydrogens (primary N) is 1. The Kier molecular flexibility index (Phi) is 4.15. The maximum Gasteiger partial charge on any atom is 0.220 e. The molecule has 0 aliphatic heterocycles. The zero-order valence-electron chi connectivity index (χ0n) is 7.71. The zero-order chi connectivity index (χ0) is 9.68. The summed E-state index contributed by atoms with van der Waals surface area (Å²) < 4.78 is 0. The molecule has 0 unspecified atom stereocenters. The lowest BCUT2D eigenvalue weighted by Crippen LogP contribution is -2.33. The summed E-state index contributed by atoms with van der Waals surface area (Å²) in [5, 5.41) is 2.70. The van der Waals surface area contributed by atoms with Gasteiger partial charge in [-0.25, -0.2) is 0 Å². The van der Waals surface area contributed by atoms with Crippen molar-refractivity contribution in [1.29, 1.82) is 0 Å². The Labute approximate surface area is 84.1 Å². The van der Waals surface area contributed by atoms with Crippen molar-refractivity contribution >= 4 is 23.1 Å². The van der Waals surface area contributed by atoms with E-state index in [0.717, 1.165) is 0 Å². The molecule has 0 bridgehead atoms. The van der Waals surface area contributed by atoms with Crippen LogP contribution in [0.25, 0.3) is 0 Å². The molecule has 0 atom stereocenters. The molecule has 0 radical (unpaired) electrons. The summed E-state index contributed by atoms with van der Waals surface area (Å²) in [6.45, 7) is 0.334. The summed E-state index contributed by atoms with van der Waals surface area (Å²) in [5.41, 5.74) is 5.27. The van der Waals surface area contributed by atoms with Crippen molar-refractivity contribution in [2.45, 2.75) is 32.1 Å². The van der Waals surface area contributed by atoms with Gasteiger partial charge in [0, 0.05) is 6.42 Å². The van der Waals surface area contributed by atoms with Crippen LogP contribution >= 0.6 is 12.2 Å². The molecule has 1 saturated carbocycles. The molecular formula is C9H16N2OS. The minimum Gasteiger partial charge on any atom is -0.392 e. The Hall–Kier alpha value is -0.640. The lowest BCUT2D eigenvalue weighted by atomic mass is 10.0. The van der Waals surface area contributed by atoms with Crippen molar-refractivity contribution in [3.63, 3.8) is 0 Å². The predicted molar refractivity (Wildman–Crippen MR) is 56.4 cm³/mol. The maximum atomic E-state index is 11.3. The monoisotopic (exact) mass is 200 g/mol. The number of hydrogen-bond acceptors (Lipinski definition) is 2. The molecule has 0 heterocycles. The molecule has 3 N–H and O–H groups in total. The molecule has 74 valence electrons. The molecule has 0 spiro atoms. The fourth-order valence-corrected chi connectivity index (χ4v) is 1.81. The molecule has 0 aromatic rings. The van der Waals surface area contributed by atoms with Gasteiger partial charge in [0.2, 0.25) is 5.91 Å². The molecule has 1 aliphatic carbocycles. The third-order valence-corrected chi connectivity index (χ3v) is 2.55. The molecule has 1 rings (SSSR count). The van der Waals surface area contributed by atoms with Crippen LogP contribution in [0.15, 0.2) is 0 Å². The van der Waals surface area contributed by atoms with Gasteiger partial charge < -0.3 is 11.1 Å². The van der Waals surface area contributed by atoms with E-state index in [4.69, 9.17) is 5.73 Å². The van der Waals surface area contributed by atoms with Crippen LogP contribution in [0.4, 0.5) is 0 Å². The molecule has 13 heavy (non-hydrogen) atoms. The fraction of sp³-hybridized carbons (Fsp3) is 0.778. The molecular weight excluding hydrogens is 184 g/mol. The first-order valence-corrected chi connectivity index (χ1v) is 5.14. The predicted octanol–water partition coefficient (Wildman–Crippen LogP) is 0.969. The van der Waals surface area contributed by atoms with Crippen molar-refractivity contribution in [2.24, 2.45) is 11.7 Å². The van der Waals surface area contributed by atoms with E-state index in [-0.39, 0.29) is 5.91 Å². The number of carbonyl (C=O) groups is 1. The first-order chi connectivity index (χ1) is 6.18. The summed E-state index contributed by atoms with van der Waals surface area (Å²) in [6, 6.07) is 0. The van der Waals surface area contributed by atoms with Crippen LogP contribution in [0, 0.1) is 5.92 Å². The molecule has 3 nitrogen and oxygen atoms in total. The van der Waals surface area contributed by atoms with Gasteiger partial charge in [0.25, 0.3) is 0 Å². The number of thiocarbonyl (C=S) groups is 1. The van der Waals surface area contributed by atoms with Gasteiger partial charge in [-0.05, 0) is 18.8 Å². The van der Waals surface area contributed by atoms with Gasteiger partial charge in [0.05, 0.1) is 11.5 Å². The molecule has 1 amide bonds. The van der Waals surface area contributed by atoms with E-state index in [1.54, 1.807) is 0 Å². The van der Waals surface area contributed by atoms with E-state index in [9.17, 15) is 4.79 Å².